The molecular formula is C11H21N. The fraction of sp³-hybridized carbons (Fsp3) is 1.00. The Kier molecular flexibility index (Phi) is 2.16. The third-order valence-corrected chi connectivity index (χ3v) is 3.92. The second-order valence-electron chi connectivity index (χ2n) is 5.04. The quantitative estimate of drug-likeness (QED) is 0.638. The molecule has 0 aromatic carbocycles. The van der Waals surface area contributed by atoms with E-state index in [4.69, 9.17) is 5.73 Å². The first kappa shape index (κ1) is 8.55. The molecule has 2 aliphatic rings. The molecule has 0 amide bonds. The van der Waals surface area contributed by atoms with Crippen LogP contribution in [0.3, 0.4) is 0 Å². The average Bonchev–Trinajstić information content (AvgIpc) is 2.02. The van der Waals surface area contributed by atoms with E-state index < -0.39 is 0 Å². The van der Waals surface area contributed by atoms with E-state index in [1.54, 1.807) is 0 Å². The van der Waals surface area contributed by atoms with Crippen molar-refractivity contribution in [3.05, 3.63) is 0 Å². The summed E-state index contributed by atoms with van der Waals surface area (Å²) in [6, 6.07) is 0. The Hall–Kier alpha value is -0.0400. The maximum Gasteiger partial charge on any atom is 0.0159 e. The van der Waals surface area contributed by atoms with Crippen molar-refractivity contribution >= 4 is 0 Å². The number of hydrogen-bond acceptors (Lipinski definition) is 1. The Morgan fingerprint density at radius 1 is 1.42 bits per heavy atom. The molecule has 0 aromatic heterocycles. The van der Waals surface area contributed by atoms with Crippen LogP contribution >= 0.6 is 0 Å². The Morgan fingerprint density at radius 3 is 2.92 bits per heavy atom. The van der Waals surface area contributed by atoms with Gasteiger partial charge in [-0.25, -0.2) is 0 Å². The van der Waals surface area contributed by atoms with Crippen LogP contribution in [0.2, 0.25) is 0 Å². The van der Waals surface area contributed by atoms with Crippen molar-refractivity contribution in [2.45, 2.75) is 57.4 Å². The van der Waals surface area contributed by atoms with Gasteiger partial charge >= 0.3 is 0 Å². The number of rotatable bonds is 1. The lowest BCUT2D eigenvalue weighted by atomic mass is 9.63. The second kappa shape index (κ2) is 3.02. The molecule has 0 spiro atoms. The van der Waals surface area contributed by atoms with Gasteiger partial charge in [-0.15, -0.1) is 0 Å². The molecule has 3 unspecified atom stereocenters. The van der Waals surface area contributed by atoms with Gasteiger partial charge in [-0.2, -0.15) is 0 Å². The van der Waals surface area contributed by atoms with Crippen LogP contribution in [-0.2, 0) is 0 Å². The molecule has 2 saturated carbocycles. The van der Waals surface area contributed by atoms with Crippen molar-refractivity contribution in [1.82, 2.24) is 0 Å². The smallest absolute Gasteiger partial charge is 0.0159 e. The van der Waals surface area contributed by atoms with Crippen LogP contribution in [0.4, 0.5) is 0 Å². The monoisotopic (exact) mass is 167 g/mol. The molecule has 1 nitrogen and oxygen atoms in total. The van der Waals surface area contributed by atoms with Gasteiger partial charge in [0, 0.05) is 5.54 Å². The molecule has 0 saturated heterocycles. The summed E-state index contributed by atoms with van der Waals surface area (Å²) in [7, 11) is 0. The number of hydrogen-bond donors (Lipinski definition) is 1. The first-order chi connectivity index (χ1) is 5.72. The molecule has 0 aliphatic heterocycles. The van der Waals surface area contributed by atoms with Crippen molar-refractivity contribution in [3.63, 3.8) is 0 Å². The lowest BCUT2D eigenvalue weighted by molar-refractivity contribution is 0.106. The lowest BCUT2D eigenvalue weighted by Gasteiger charge is -2.46. The van der Waals surface area contributed by atoms with E-state index in [1.165, 1.54) is 44.9 Å². The van der Waals surface area contributed by atoms with Gasteiger partial charge in [0.1, 0.15) is 0 Å². The minimum absolute atomic E-state index is 0.252. The fourth-order valence-electron chi connectivity index (χ4n) is 3.35. The zero-order chi connectivity index (χ0) is 8.60. The third-order valence-electron chi connectivity index (χ3n) is 3.92. The molecule has 1 heteroatoms. The second-order valence-corrected chi connectivity index (χ2v) is 5.04. The van der Waals surface area contributed by atoms with Gasteiger partial charge in [-0.05, 0) is 37.5 Å². The Bertz CT molecular complexity index is 166. The van der Waals surface area contributed by atoms with Crippen molar-refractivity contribution in [2.75, 3.05) is 0 Å². The largest absolute Gasteiger partial charge is 0.325 e. The van der Waals surface area contributed by atoms with Crippen LogP contribution in [0.1, 0.15) is 51.9 Å². The van der Waals surface area contributed by atoms with E-state index in [-0.39, 0.29) is 5.54 Å². The standard InChI is InChI=1S/C11H21N/c1-2-9-6-10-4-3-5-11(12,7-9)8-10/h9-10H,2-8,12H2,1H3. The van der Waals surface area contributed by atoms with Crippen molar-refractivity contribution in [3.8, 4) is 0 Å². The summed E-state index contributed by atoms with van der Waals surface area (Å²) in [5.41, 5.74) is 6.62. The molecule has 0 aromatic rings. The van der Waals surface area contributed by atoms with E-state index >= 15 is 0 Å². The van der Waals surface area contributed by atoms with E-state index in [2.05, 4.69) is 6.92 Å². The maximum absolute atomic E-state index is 6.37. The van der Waals surface area contributed by atoms with Gasteiger partial charge in [-0.3, -0.25) is 0 Å². The summed E-state index contributed by atoms with van der Waals surface area (Å²) in [6.07, 6.45) is 9.57. The van der Waals surface area contributed by atoms with Crippen molar-refractivity contribution in [1.29, 1.82) is 0 Å². The highest BCUT2D eigenvalue weighted by molar-refractivity contribution is 4.96. The third kappa shape index (κ3) is 1.52. The predicted molar refractivity (Wildman–Crippen MR) is 51.9 cm³/mol. The van der Waals surface area contributed by atoms with Gasteiger partial charge < -0.3 is 5.73 Å². The van der Waals surface area contributed by atoms with Crippen molar-refractivity contribution < 1.29 is 0 Å². The van der Waals surface area contributed by atoms with Crippen LogP contribution in [-0.4, -0.2) is 5.54 Å². The normalized spacial score (nSPS) is 47.5. The summed E-state index contributed by atoms with van der Waals surface area (Å²) >= 11 is 0. The highest BCUT2D eigenvalue weighted by Crippen LogP contribution is 2.44. The first-order valence-corrected chi connectivity index (χ1v) is 5.51. The molecule has 0 heterocycles. The summed E-state index contributed by atoms with van der Waals surface area (Å²) in [5, 5.41) is 0. The number of fused-ring (bicyclic) bond motifs is 2. The molecule has 70 valence electrons. The van der Waals surface area contributed by atoms with Crippen LogP contribution in [0.25, 0.3) is 0 Å². The zero-order valence-corrected chi connectivity index (χ0v) is 8.18. The highest BCUT2D eigenvalue weighted by Gasteiger charge is 2.39. The van der Waals surface area contributed by atoms with Crippen molar-refractivity contribution in [2.24, 2.45) is 17.6 Å². The molecule has 2 bridgehead atoms. The summed E-state index contributed by atoms with van der Waals surface area (Å²) in [4.78, 5) is 0. The van der Waals surface area contributed by atoms with Gasteiger partial charge in [-0.1, -0.05) is 26.2 Å². The topological polar surface area (TPSA) is 26.0 Å². The van der Waals surface area contributed by atoms with Gasteiger partial charge in [0.25, 0.3) is 0 Å². The molecule has 3 atom stereocenters. The highest BCUT2D eigenvalue weighted by atomic mass is 14.8. The summed E-state index contributed by atoms with van der Waals surface area (Å²) in [6.45, 7) is 2.31. The van der Waals surface area contributed by atoms with E-state index in [0.717, 1.165) is 11.8 Å². The van der Waals surface area contributed by atoms with E-state index in [0.29, 0.717) is 0 Å². The van der Waals surface area contributed by atoms with Crippen LogP contribution in [0.5, 0.6) is 0 Å². The van der Waals surface area contributed by atoms with Crippen LogP contribution < -0.4 is 5.73 Å². The summed E-state index contributed by atoms with van der Waals surface area (Å²) < 4.78 is 0. The molecule has 2 fully saturated rings. The minimum Gasteiger partial charge on any atom is -0.325 e. The average molecular weight is 167 g/mol. The Balaban J connectivity index is 2.05. The molecule has 2 N–H and O–H groups in total. The van der Waals surface area contributed by atoms with E-state index in [1.807, 2.05) is 0 Å². The van der Waals surface area contributed by atoms with Gasteiger partial charge in [0.05, 0.1) is 0 Å². The number of nitrogens with two attached hydrogens (primary N) is 1. The molecule has 2 rings (SSSR count). The van der Waals surface area contributed by atoms with Crippen LogP contribution in [0.15, 0.2) is 0 Å². The zero-order valence-electron chi connectivity index (χ0n) is 8.18. The van der Waals surface area contributed by atoms with Gasteiger partial charge in [0.15, 0.2) is 0 Å². The lowest BCUT2D eigenvalue weighted by Crippen LogP contribution is -2.49. The first-order valence-electron chi connectivity index (χ1n) is 5.51. The predicted octanol–water partition coefficient (Wildman–Crippen LogP) is 2.69. The van der Waals surface area contributed by atoms with Crippen LogP contribution in [0, 0.1) is 11.8 Å². The Morgan fingerprint density at radius 2 is 2.25 bits per heavy atom. The molecule has 12 heavy (non-hydrogen) atoms. The maximum atomic E-state index is 6.37. The summed E-state index contributed by atoms with van der Waals surface area (Å²) in [5.74, 6) is 1.91. The molecular weight excluding hydrogens is 146 g/mol. The minimum atomic E-state index is 0.252. The van der Waals surface area contributed by atoms with Gasteiger partial charge in [0.2, 0.25) is 0 Å². The Labute approximate surface area is 75.7 Å². The fourth-order valence-corrected chi connectivity index (χ4v) is 3.35. The van der Waals surface area contributed by atoms with E-state index in [9.17, 15) is 0 Å². The SMILES string of the molecule is CCC1CC2CCCC(N)(C1)C2. The molecule has 2 aliphatic carbocycles. The molecule has 0 radical (unpaired) electrons.